The van der Waals surface area contributed by atoms with Gasteiger partial charge in [0, 0.05) is 18.0 Å². The molecule has 0 spiro atoms. The van der Waals surface area contributed by atoms with Crippen molar-refractivity contribution in [3.63, 3.8) is 0 Å². The summed E-state index contributed by atoms with van der Waals surface area (Å²) in [5, 5.41) is 3.47. The van der Waals surface area contributed by atoms with Gasteiger partial charge in [-0.25, -0.2) is 0 Å². The summed E-state index contributed by atoms with van der Waals surface area (Å²) in [5.74, 6) is 1.82. The van der Waals surface area contributed by atoms with Gasteiger partial charge in [0.1, 0.15) is 12.2 Å². The van der Waals surface area contributed by atoms with Crippen LogP contribution in [0.1, 0.15) is 46.1 Å². The Hall–Kier alpha value is -1.22. The minimum atomic E-state index is -0.119. The highest BCUT2D eigenvalue weighted by Gasteiger charge is 2.32. The number of nitrogens with one attached hydrogen (secondary N) is 1. The Labute approximate surface area is 122 Å². The number of para-hydroxylation sites is 1. The quantitative estimate of drug-likeness (QED) is 0.826. The van der Waals surface area contributed by atoms with Crippen molar-refractivity contribution >= 4 is 0 Å². The number of fused-ring (bicyclic) bond motifs is 1. The largest absolute Gasteiger partial charge is 0.488 e. The van der Waals surface area contributed by atoms with E-state index in [1.54, 1.807) is 0 Å². The molecule has 112 valence electrons. The smallest absolute Gasteiger partial charge is 0.165 e. The van der Waals surface area contributed by atoms with Crippen LogP contribution in [0.15, 0.2) is 18.2 Å². The standard InChI is InChI=1S/C17H27NO2/c1-5-8-14(18-6-2)12-19-15-10-7-9-13-11-17(3,4)20-16(13)15/h7,9-10,14,18H,5-6,8,11-12H2,1-4H3. The molecule has 1 unspecified atom stereocenters. The van der Waals surface area contributed by atoms with E-state index in [0.29, 0.717) is 12.6 Å². The van der Waals surface area contributed by atoms with E-state index in [-0.39, 0.29) is 5.60 Å². The Balaban J connectivity index is 2.02. The summed E-state index contributed by atoms with van der Waals surface area (Å²) >= 11 is 0. The molecule has 0 aromatic heterocycles. The van der Waals surface area contributed by atoms with Crippen LogP contribution in [0.4, 0.5) is 0 Å². The van der Waals surface area contributed by atoms with Crippen LogP contribution in [-0.2, 0) is 6.42 Å². The van der Waals surface area contributed by atoms with Gasteiger partial charge in [0.2, 0.25) is 0 Å². The van der Waals surface area contributed by atoms with E-state index < -0.39 is 0 Å². The van der Waals surface area contributed by atoms with E-state index in [4.69, 9.17) is 9.47 Å². The molecule has 2 rings (SSSR count). The molecule has 0 bridgehead atoms. The van der Waals surface area contributed by atoms with Gasteiger partial charge in [-0.2, -0.15) is 0 Å². The summed E-state index contributed by atoms with van der Waals surface area (Å²) in [7, 11) is 0. The van der Waals surface area contributed by atoms with Crippen LogP contribution in [0.3, 0.4) is 0 Å². The van der Waals surface area contributed by atoms with Crippen molar-refractivity contribution < 1.29 is 9.47 Å². The third-order valence-corrected chi connectivity index (χ3v) is 3.62. The normalized spacial score (nSPS) is 17.4. The molecule has 0 radical (unpaired) electrons. The molecule has 0 saturated heterocycles. The summed E-state index contributed by atoms with van der Waals surface area (Å²) < 4.78 is 12.1. The van der Waals surface area contributed by atoms with Crippen LogP contribution in [0.5, 0.6) is 11.5 Å². The molecule has 1 aromatic carbocycles. The molecule has 0 aliphatic carbocycles. The molecule has 1 aliphatic heterocycles. The lowest BCUT2D eigenvalue weighted by molar-refractivity contribution is 0.131. The Bertz CT molecular complexity index is 437. The molecule has 20 heavy (non-hydrogen) atoms. The second-order valence-electron chi connectivity index (χ2n) is 6.14. The van der Waals surface area contributed by atoms with Gasteiger partial charge < -0.3 is 14.8 Å². The van der Waals surface area contributed by atoms with Gasteiger partial charge >= 0.3 is 0 Å². The maximum absolute atomic E-state index is 6.03. The van der Waals surface area contributed by atoms with Crippen LogP contribution in [0.2, 0.25) is 0 Å². The highest BCUT2D eigenvalue weighted by molar-refractivity contribution is 5.50. The van der Waals surface area contributed by atoms with Gasteiger partial charge in [-0.15, -0.1) is 0 Å². The second-order valence-corrected chi connectivity index (χ2v) is 6.14. The zero-order chi connectivity index (χ0) is 14.6. The predicted octanol–water partition coefficient (Wildman–Crippen LogP) is 3.56. The van der Waals surface area contributed by atoms with Crippen LogP contribution in [-0.4, -0.2) is 24.8 Å². The molecule has 3 heteroatoms. The number of hydrogen-bond acceptors (Lipinski definition) is 3. The fraction of sp³-hybridized carbons (Fsp3) is 0.647. The highest BCUT2D eigenvalue weighted by atomic mass is 16.5. The first-order chi connectivity index (χ1) is 9.55. The topological polar surface area (TPSA) is 30.5 Å². The van der Waals surface area contributed by atoms with Crippen LogP contribution < -0.4 is 14.8 Å². The number of rotatable bonds is 7. The third-order valence-electron chi connectivity index (χ3n) is 3.62. The zero-order valence-corrected chi connectivity index (χ0v) is 13.2. The Morgan fingerprint density at radius 1 is 1.35 bits per heavy atom. The maximum Gasteiger partial charge on any atom is 0.165 e. The van der Waals surface area contributed by atoms with Crippen molar-refractivity contribution in [3.05, 3.63) is 23.8 Å². The molecular weight excluding hydrogens is 250 g/mol. The highest BCUT2D eigenvalue weighted by Crippen LogP contribution is 2.41. The van der Waals surface area contributed by atoms with Crippen molar-refractivity contribution in [2.75, 3.05) is 13.2 Å². The summed E-state index contributed by atoms with van der Waals surface area (Å²) in [4.78, 5) is 0. The lowest BCUT2D eigenvalue weighted by Crippen LogP contribution is -2.34. The molecule has 1 N–H and O–H groups in total. The van der Waals surface area contributed by atoms with Gasteiger partial charge in [-0.1, -0.05) is 32.4 Å². The van der Waals surface area contributed by atoms with E-state index in [1.165, 1.54) is 5.56 Å². The third kappa shape index (κ3) is 3.66. The summed E-state index contributed by atoms with van der Waals surface area (Å²) in [6.07, 6.45) is 3.25. The van der Waals surface area contributed by atoms with Gasteiger partial charge in [0.15, 0.2) is 11.5 Å². The first-order valence-electron chi connectivity index (χ1n) is 7.73. The minimum Gasteiger partial charge on any atom is -0.488 e. The van der Waals surface area contributed by atoms with E-state index in [0.717, 1.165) is 37.3 Å². The molecule has 1 aromatic rings. The molecule has 0 saturated carbocycles. The van der Waals surface area contributed by atoms with Crippen LogP contribution in [0.25, 0.3) is 0 Å². The average Bonchev–Trinajstić information content (AvgIpc) is 2.71. The first-order valence-corrected chi connectivity index (χ1v) is 7.73. The Morgan fingerprint density at radius 2 is 2.15 bits per heavy atom. The Morgan fingerprint density at radius 3 is 2.85 bits per heavy atom. The molecule has 0 fully saturated rings. The van der Waals surface area contributed by atoms with Gasteiger partial charge in [0.25, 0.3) is 0 Å². The predicted molar refractivity (Wildman–Crippen MR) is 82.7 cm³/mol. The summed E-state index contributed by atoms with van der Waals surface area (Å²) in [6, 6.07) is 6.61. The van der Waals surface area contributed by atoms with Crippen LogP contribution in [0, 0.1) is 0 Å². The van der Waals surface area contributed by atoms with E-state index >= 15 is 0 Å². The van der Waals surface area contributed by atoms with E-state index in [2.05, 4.69) is 45.1 Å². The molecule has 0 amide bonds. The van der Waals surface area contributed by atoms with Gasteiger partial charge in [0.05, 0.1) is 0 Å². The lowest BCUT2D eigenvalue weighted by Gasteiger charge is -2.20. The number of likely N-dealkylation sites (N-methyl/N-ethyl adjacent to an activating group) is 1. The molecular formula is C17H27NO2. The zero-order valence-electron chi connectivity index (χ0n) is 13.2. The van der Waals surface area contributed by atoms with Crippen molar-refractivity contribution in [2.45, 2.75) is 58.6 Å². The van der Waals surface area contributed by atoms with Gasteiger partial charge in [-0.3, -0.25) is 0 Å². The molecule has 1 aliphatic rings. The first kappa shape index (κ1) is 15.2. The maximum atomic E-state index is 6.03. The number of ether oxygens (including phenoxy) is 2. The van der Waals surface area contributed by atoms with Crippen molar-refractivity contribution in [2.24, 2.45) is 0 Å². The average molecular weight is 277 g/mol. The summed E-state index contributed by atoms with van der Waals surface area (Å²) in [6.45, 7) is 10.3. The van der Waals surface area contributed by atoms with E-state index in [9.17, 15) is 0 Å². The fourth-order valence-electron chi connectivity index (χ4n) is 2.77. The molecule has 1 heterocycles. The van der Waals surface area contributed by atoms with E-state index in [1.807, 2.05) is 6.07 Å². The van der Waals surface area contributed by atoms with Crippen molar-refractivity contribution in [3.8, 4) is 11.5 Å². The number of hydrogen-bond donors (Lipinski definition) is 1. The van der Waals surface area contributed by atoms with Gasteiger partial charge in [-0.05, 0) is 32.9 Å². The number of benzene rings is 1. The van der Waals surface area contributed by atoms with Crippen molar-refractivity contribution in [1.82, 2.24) is 5.32 Å². The minimum absolute atomic E-state index is 0.119. The Kier molecular flexibility index (Phi) is 4.92. The van der Waals surface area contributed by atoms with Crippen molar-refractivity contribution in [1.29, 1.82) is 0 Å². The van der Waals surface area contributed by atoms with Crippen LogP contribution >= 0.6 is 0 Å². The fourth-order valence-corrected chi connectivity index (χ4v) is 2.77. The lowest BCUT2D eigenvalue weighted by atomic mass is 10.0. The molecule has 3 nitrogen and oxygen atoms in total. The molecule has 1 atom stereocenters. The monoisotopic (exact) mass is 277 g/mol. The second kappa shape index (κ2) is 6.49. The SMILES string of the molecule is CCCC(COc1cccc2c1OC(C)(C)C2)NCC. The summed E-state index contributed by atoms with van der Waals surface area (Å²) in [5.41, 5.74) is 1.13.